The molecule has 0 aliphatic rings. The van der Waals surface area contributed by atoms with E-state index < -0.39 is 11.0 Å². The van der Waals surface area contributed by atoms with Gasteiger partial charge in [0.2, 0.25) is 0 Å². The van der Waals surface area contributed by atoms with Gasteiger partial charge in [-0.05, 0) is 45.4 Å². The lowest BCUT2D eigenvalue weighted by Gasteiger charge is -2.38. The quantitative estimate of drug-likeness (QED) is 0.901. The average molecular weight is 299 g/mol. The Morgan fingerprint density at radius 2 is 1.68 bits per heavy atom. The van der Waals surface area contributed by atoms with E-state index in [1.807, 2.05) is 71.9 Å². The van der Waals surface area contributed by atoms with Crippen molar-refractivity contribution in [2.24, 2.45) is 0 Å². The van der Waals surface area contributed by atoms with Crippen LogP contribution in [0.15, 0.2) is 36.5 Å². The minimum absolute atomic E-state index is 0.448. The van der Waals surface area contributed by atoms with Crippen LogP contribution >= 0.6 is 0 Å². The number of aromatic nitrogens is 1. The van der Waals surface area contributed by atoms with Gasteiger partial charge in [0.05, 0.1) is 11.8 Å². The predicted octanol–water partition coefficient (Wildman–Crippen LogP) is 4.54. The molecule has 0 unspecified atom stereocenters. The van der Waals surface area contributed by atoms with Gasteiger partial charge in [-0.15, -0.1) is 0 Å². The van der Waals surface area contributed by atoms with Gasteiger partial charge in [0.25, 0.3) is 0 Å². The molecule has 0 saturated heterocycles. The Hall–Kier alpha value is -1.87. The molecule has 1 N–H and O–H groups in total. The van der Waals surface area contributed by atoms with Crippen LogP contribution in [0.2, 0.25) is 0 Å². The molecular weight excluding hydrogens is 274 g/mol. The second kappa shape index (κ2) is 5.73. The summed E-state index contributed by atoms with van der Waals surface area (Å²) in [6.07, 6.45) is 1.73. The number of nitrogens with zero attached hydrogens (tertiary/aromatic N) is 1. The van der Waals surface area contributed by atoms with Crippen molar-refractivity contribution in [1.29, 1.82) is 0 Å². The number of para-hydroxylation sites is 1. The van der Waals surface area contributed by atoms with E-state index in [0.717, 1.165) is 22.6 Å². The van der Waals surface area contributed by atoms with E-state index in [9.17, 15) is 5.11 Å². The Morgan fingerprint density at radius 3 is 2.27 bits per heavy atom. The van der Waals surface area contributed by atoms with Gasteiger partial charge in [-0.1, -0.05) is 32.0 Å². The van der Waals surface area contributed by atoms with Crippen molar-refractivity contribution in [3.63, 3.8) is 0 Å². The van der Waals surface area contributed by atoms with Crippen LogP contribution in [0.5, 0.6) is 11.5 Å². The molecule has 1 aromatic heterocycles. The van der Waals surface area contributed by atoms with Crippen molar-refractivity contribution in [3.8, 4) is 11.5 Å². The summed E-state index contributed by atoms with van der Waals surface area (Å²) in [5.74, 6) is 1.46. The van der Waals surface area contributed by atoms with E-state index in [0.29, 0.717) is 5.75 Å². The van der Waals surface area contributed by atoms with Crippen LogP contribution in [0.4, 0.5) is 0 Å². The molecule has 2 aromatic rings. The number of aryl methyl sites for hydroxylation is 2. The molecule has 0 spiro atoms. The maximum atomic E-state index is 10.5. The van der Waals surface area contributed by atoms with Gasteiger partial charge in [-0.3, -0.25) is 4.98 Å². The van der Waals surface area contributed by atoms with Crippen molar-refractivity contribution in [1.82, 2.24) is 4.98 Å². The van der Waals surface area contributed by atoms with Crippen molar-refractivity contribution < 1.29 is 9.84 Å². The second-order valence-electron chi connectivity index (χ2n) is 6.86. The van der Waals surface area contributed by atoms with Crippen LogP contribution in [0, 0.1) is 13.8 Å². The third kappa shape index (κ3) is 3.14. The van der Waals surface area contributed by atoms with Crippen LogP contribution in [0.3, 0.4) is 0 Å². The predicted molar refractivity (Wildman–Crippen MR) is 89.6 cm³/mol. The molecule has 118 valence electrons. The van der Waals surface area contributed by atoms with Gasteiger partial charge >= 0.3 is 0 Å². The van der Waals surface area contributed by atoms with Gasteiger partial charge in [0.1, 0.15) is 11.5 Å². The molecule has 3 nitrogen and oxygen atoms in total. The first-order valence-electron chi connectivity index (χ1n) is 7.56. The third-order valence-corrected chi connectivity index (χ3v) is 4.63. The van der Waals surface area contributed by atoms with Crippen molar-refractivity contribution in [3.05, 3.63) is 53.3 Å². The number of hydrogen-bond acceptors (Lipinski definition) is 3. The third-order valence-electron chi connectivity index (χ3n) is 4.63. The number of pyridine rings is 1. The summed E-state index contributed by atoms with van der Waals surface area (Å²) in [6.45, 7) is 11.7. The van der Waals surface area contributed by atoms with Gasteiger partial charge < -0.3 is 9.84 Å². The number of hydrogen-bond donors (Lipinski definition) is 1. The van der Waals surface area contributed by atoms with E-state index >= 15 is 0 Å². The highest BCUT2D eigenvalue weighted by atomic mass is 16.5. The summed E-state index contributed by atoms with van der Waals surface area (Å²) in [7, 11) is 0. The molecule has 0 aliphatic carbocycles. The lowest BCUT2D eigenvalue weighted by molar-refractivity contribution is 0.00880. The molecule has 2 rings (SSSR count). The largest absolute Gasteiger partial charge is 0.455 e. The normalized spacial score (nSPS) is 12.3. The zero-order valence-electron chi connectivity index (χ0n) is 14.3. The lowest BCUT2D eigenvalue weighted by atomic mass is 9.71. The Morgan fingerprint density at radius 1 is 1.05 bits per heavy atom. The Bertz CT molecular complexity index is 669. The lowest BCUT2D eigenvalue weighted by Crippen LogP contribution is -2.42. The van der Waals surface area contributed by atoms with Crippen molar-refractivity contribution in [2.75, 3.05) is 0 Å². The first-order chi connectivity index (χ1) is 10.1. The number of aliphatic hydroxyl groups is 1. The van der Waals surface area contributed by atoms with E-state index in [2.05, 4.69) is 4.98 Å². The monoisotopic (exact) mass is 299 g/mol. The minimum Gasteiger partial charge on any atom is -0.455 e. The number of rotatable bonds is 4. The molecule has 0 fully saturated rings. The zero-order chi connectivity index (χ0) is 16.5. The number of ether oxygens (including phenoxy) is 1. The molecule has 0 amide bonds. The average Bonchev–Trinajstić information content (AvgIpc) is 2.42. The second-order valence-corrected chi connectivity index (χ2v) is 6.86. The van der Waals surface area contributed by atoms with Crippen LogP contribution < -0.4 is 4.74 Å². The van der Waals surface area contributed by atoms with E-state index in [1.165, 1.54) is 0 Å². The standard InChI is InChI=1S/C19H25NO2/c1-13-11-15(12-20-14(13)2)22-17-10-8-7-9-16(17)18(3,4)19(5,6)21/h7-12,21H,1-6H3. The molecule has 0 aliphatic heterocycles. The Balaban J connectivity index is 2.43. The fourth-order valence-electron chi connectivity index (χ4n) is 2.20. The molecule has 0 bridgehead atoms. The fourth-order valence-corrected chi connectivity index (χ4v) is 2.20. The summed E-state index contributed by atoms with van der Waals surface area (Å²) < 4.78 is 6.05. The smallest absolute Gasteiger partial charge is 0.146 e. The minimum atomic E-state index is -0.867. The maximum absolute atomic E-state index is 10.5. The summed E-state index contributed by atoms with van der Waals surface area (Å²) in [5, 5.41) is 10.5. The summed E-state index contributed by atoms with van der Waals surface area (Å²) >= 11 is 0. The van der Waals surface area contributed by atoms with Crippen LogP contribution in [0.25, 0.3) is 0 Å². The first-order valence-corrected chi connectivity index (χ1v) is 7.56. The molecule has 1 heterocycles. The van der Waals surface area contributed by atoms with E-state index in [-0.39, 0.29) is 0 Å². The van der Waals surface area contributed by atoms with E-state index in [4.69, 9.17) is 4.74 Å². The molecule has 0 saturated carbocycles. The maximum Gasteiger partial charge on any atom is 0.146 e. The molecule has 3 heteroatoms. The highest BCUT2D eigenvalue weighted by Gasteiger charge is 2.38. The highest BCUT2D eigenvalue weighted by molar-refractivity contribution is 5.43. The van der Waals surface area contributed by atoms with Gasteiger partial charge in [0.15, 0.2) is 0 Å². The summed E-state index contributed by atoms with van der Waals surface area (Å²) in [5.41, 5.74) is 1.75. The fraction of sp³-hybridized carbons (Fsp3) is 0.421. The SMILES string of the molecule is Cc1cc(Oc2ccccc2C(C)(C)C(C)(C)O)cnc1C. The van der Waals surface area contributed by atoms with E-state index in [1.54, 1.807) is 6.20 Å². The highest BCUT2D eigenvalue weighted by Crippen LogP contribution is 2.40. The summed E-state index contributed by atoms with van der Waals surface area (Å²) in [4.78, 5) is 4.34. The molecule has 0 radical (unpaired) electrons. The Kier molecular flexibility index (Phi) is 4.30. The molecule has 1 aromatic carbocycles. The first kappa shape index (κ1) is 16.5. The van der Waals surface area contributed by atoms with Gasteiger partial charge in [0, 0.05) is 16.7 Å². The summed E-state index contributed by atoms with van der Waals surface area (Å²) in [6, 6.07) is 9.82. The Labute approximate surface area is 133 Å². The topological polar surface area (TPSA) is 42.4 Å². The van der Waals surface area contributed by atoms with Gasteiger partial charge in [-0.25, -0.2) is 0 Å². The number of benzene rings is 1. The van der Waals surface area contributed by atoms with Crippen LogP contribution in [-0.2, 0) is 5.41 Å². The zero-order valence-corrected chi connectivity index (χ0v) is 14.3. The van der Waals surface area contributed by atoms with Gasteiger partial charge in [-0.2, -0.15) is 0 Å². The van der Waals surface area contributed by atoms with Crippen molar-refractivity contribution in [2.45, 2.75) is 52.6 Å². The van der Waals surface area contributed by atoms with Crippen LogP contribution in [-0.4, -0.2) is 15.7 Å². The van der Waals surface area contributed by atoms with Crippen LogP contribution in [0.1, 0.15) is 44.5 Å². The molecular formula is C19H25NO2. The van der Waals surface area contributed by atoms with Crippen molar-refractivity contribution >= 4 is 0 Å². The molecule has 22 heavy (non-hydrogen) atoms. The molecule has 0 atom stereocenters.